The number of hydrogen-bond donors (Lipinski definition) is 1. The van der Waals surface area contributed by atoms with Crippen LogP contribution in [0.1, 0.15) is 39.3 Å². The van der Waals surface area contributed by atoms with E-state index >= 15 is 0 Å². The molecule has 0 saturated carbocycles. The molecule has 1 aliphatic rings. The number of ether oxygens (including phenoxy) is 1. The van der Waals surface area contributed by atoms with Crippen molar-refractivity contribution in [3.05, 3.63) is 89.6 Å². The van der Waals surface area contributed by atoms with Crippen molar-refractivity contribution in [1.29, 1.82) is 0 Å². The van der Waals surface area contributed by atoms with Gasteiger partial charge in [-0.1, -0.05) is 48.5 Å². The number of nitrogens with zero attached hydrogens (tertiary/aromatic N) is 2. The first-order valence-electron chi connectivity index (χ1n) is 11.6. The van der Waals surface area contributed by atoms with Gasteiger partial charge in [-0.15, -0.1) is 0 Å². The fraction of sp³-hybridized carbons (Fsp3) is 0.179. The summed E-state index contributed by atoms with van der Waals surface area (Å²) in [6.45, 7) is -0.305. The van der Waals surface area contributed by atoms with Crippen LogP contribution in [0.2, 0.25) is 0 Å². The number of carbonyl (C=O) groups is 2. The highest BCUT2D eigenvalue weighted by Gasteiger charge is 2.24. The number of carbonyl (C=O) groups excluding carboxylic acids is 2. The molecule has 0 unspecified atom stereocenters. The van der Waals surface area contributed by atoms with Crippen molar-refractivity contribution in [2.75, 3.05) is 6.61 Å². The molecule has 0 radical (unpaired) electrons. The minimum absolute atomic E-state index is 0.221. The second-order valence-electron chi connectivity index (χ2n) is 8.64. The third-order valence-electron chi connectivity index (χ3n) is 6.52. The molecule has 2 aromatic heterocycles. The topological polar surface area (TPSA) is 77.0 Å². The lowest BCUT2D eigenvalue weighted by molar-refractivity contribution is 0.0449. The van der Waals surface area contributed by atoms with E-state index in [0.29, 0.717) is 5.56 Å². The van der Waals surface area contributed by atoms with Crippen LogP contribution in [-0.4, -0.2) is 33.0 Å². The summed E-state index contributed by atoms with van der Waals surface area (Å²) in [4.78, 5) is 33.8. The molecule has 5 aromatic rings. The van der Waals surface area contributed by atoms with Gasteiger partial charge < -0.3 is 9.72 Å². The Morgan fingerprint density at radius 3 is 2.62 bits per heavy atom. The summed E-state index contributed by atoms with van der Waals surface area (Å²) in [6, 6.07) is 23.0. The molecule has 0 amide bonds. The summed E-state index contributed by atoms with van der Waals surface area (Å²) >= 11 is 0. The van der Waals surface area contributed by atoms with Gasteiger partial charge in [-0.05, 0) is 55.5 Å². The second-order valence-corrected chi connectivity index (χ2v) is 8.64. The molecule has 0 fully saturated rings. The molecule has 1 N–H and O–H groups in total. The Labute approximate surface area is 196 Å². The van der Waals surface area contributed by atoms with Crippen LogP contribution in [0.5, 0.6) is 0 Å². The maximum Gasteiger partial charge on any atom is 0.338 e. The zero-order valence-corrected chi connectivity index (χ0v) is 18.6. The smallest absolute Gasteiger partial charge is 0.338 e. The fourth-order valence-corrected chi connectivity index (χ4v) is 4.92. The molecule has 6 nitrogen and oxygen atoms in total. The van der Waals surface area contributed by atoms with Crippen LogP contribution in [0.25, 0.3) is 33.3 Å². The number of rotatable bonds is 4. The van der Waals surface area contributed by atoms with E-state index in [1.165, 1.54) is 5.56 Å². The average molecular weight is 450 g/mol. The summed E-state index contributed by atoms with van der Waals surface area (Å²) in [6.07, 6.45) is 4.03. The number of nitrogens with one attached hydrogen (secondary N) is 1. The lowest BCUT2D eigenvalue weighted by atomic mass is 9.95. The lowest BCUT2D eigenvalue weighted by Gasteiger charge is -2.15. The van der Waals surface area contributed by atoms with Gasteiger partial charge in [0, 0.05) is 16.6 Å². The maximum atomic E-state index is 13.2. The molecular weight excluding hydrogens is 426 g/mol. The van der Waals surface area contributed by atoms with Crippen molar-refractivity contribution in [3.8, 4) is 11.4 Å². The number of para-hydroxylation sites is 1. The van der Waals surface area contributed by atoms with E-state index in [2.05, 4.69) is 16.0 Å². The predicted octanol–water partition coefficient (Wildman–Crippen LogP) is 5.56. The molecule has 2 heterocycles. The number of imidazole rings is 1. The Balaban J connectivity index is 1.23. The zero-order chi connectivity index (χ0) is 23.1. The van der Waals surface area contributed by atoms with Crippen LogP contribution in [0, 0.1) is 0 Å². The number of esters is 1. The van der Waals surface area contributed by atoms with Crippen molar-refractivity contribution < 1.29 is 14.3 Å². The highest BCUT2D eigenvalue weighted by molar-refractivity contribution is 5.99. The number of aromatic nitrogens is 3. The van der Waals surface area contributed by atoms with E-state index < -0.39 is 5.97 Å². The van der Waals surface area contributed by atoms with Gasteiger partial charge in [0.1, 0.15) is 5.82 Å². The summed E-state index contributed by atoms with van der Waals surface area (Å²) in [5.74, 6) is -0.0151. The van der Waals surface area contributed by atoms with E-state index in [-0.39, 0.29) is 12.5 Å². The highest BCUT2D eigenvalue weighted by Crippen LogP contribution is 2.32. The Hall–Kier alpha value is -4.19. The Kier molecular flexibility index (Phi) is 4.99. The van der Waals surface area contributed by atoms with Crippen molar-refractivity contribution >= 4 is 33.8 Å². The van der Waals surface area contributed by atoms with Gasteiger partial charge in [0.15, 0.2) is 6.61 Å². The lowest BCUT2D eigenvalue weighted by Crippen LogP contribution is -2.22. The standard InChI is InChI=1S/C28H23N3O3/c32-26(31-24-12-6-4-10-20(24)21-11-5-7-13-25(21)31)17-34-28(33)19-14-15-22-23(16-19)30-27(29-22)18-8-2-1-3-9-18/h1-4,6,8-10,12,14-16H,5,7,11,13,17H2,(H,29,30). The quantitative estimate of drug-likeness (QED) is 0.365. The van der Waals surface area contributed by atoms with E-state index in [4.69, 9.17) is 4.74 Å². The van der Waals surface area contributed by atoms with Crippen LogP contribution < -0.4 is 0 Å². The van der Waals surface area contributed by atoms with Crippen molar-refractivity contribution in [2.24, 2.45) is 0 Å². The number of H-pyrrole nitrogens is 1. The molecule has 3 aromatic carbocycles. The SMILES string of the molecule is O=C(OCC(=O)n1c2c(c3ccccc31)CCCC2)c1ccc2nc(-c3ccccc3)[nH]c2c1. The molecule has 168 valence electrons. The first-order valence-corrected chi connectivity index (χ1v) is 11.6. The van der Waals surface area contributed by atoms with Gasteiger partial charge >= 0.3 is 5.97 Å². The van der Waals surface area contributed by atoms with Crippen LogP contribution in [-0.2, 0) is 17.6 Å². The normalized spacial score (nSPS) is 13.2. The van der Waals surface area contributed by atoms with E-state index in [9.17, 15) is 9.59 Å². The van der Waals surface area contributed by atoms with E-state index in [0.717, 1.165) is 64.7 Å². The zero-order valence-electron chi connectivity index (χ0n) is 18.6. The molecular formula is C28H23N3O3. The summed E-state index contributed by atoms with van der Waals surface area (Å²) < 4.78 is 7.20. The van der Waals surface area contributed by atoms with Crippen LogP contribution in [0.15, 0.2) is 72.8 Å². The number of fused-ring (bicyclic) bond motifs is 4. The van der Waals surface area contributed by atoms with Crippen molar-refractivity contribution in [3.63, 3.8) is 0 Å². The molecule has 0 spiro atoms. The van der Waals surface area contributed by atoms with Crippen molar-refractivity contribution in [2.45, 2.75) is 25.7 Å². The maximum absolute atomic E-state index is 13.2. The first kappa shape index (κ1) is 20.4. The summed E-state index contributed by atoms with van der Waals surface area (Å²) in [5.41, 5.74) is 6.05. The number of aromatic amines is 1. The molecule has 6 rings (SSSR count). The molecule has 0 bridgehead atoms. The fourth-order valence-electron chi connectivity index (χ4n) is 4.92. The summed E-state index contributed by atoms with van der Waals surface area (Å²) in [5, 5.41) is 1.12. The van der Waals surface area contributed by atoms with E-state index in [1.54, 1.807) is 22.8 Å². The third-order valence-corrected chi connectivity index (χ3v) is 6.52. The molecule has 0 saturated heterocycles. The largest absolute Gasteiger partial charge is 0.452 e. The average Bonchev–Trinajstić information content (AvgIpc) is 3.46. The Morgan fingerprint density at radius 1 is 0.941 bits per heavy atom. The highest BCUT2D eigenvalue weighted by atomic mass is 16.5. The Bertz CT molecular complexity index is 1550. The third kappa shape index (κ3) is 3.48. The van der Waals surface area contributed by atoms with Crippen LogP contribution >= 0.6 is 0 Å². The van der Waals surface area contributed by atoms with Gasteiger partial charge in [0.25, 0.3) is 5.91 Å². The molecule has 1 aliphatic carbocycles. The number of benzene rings is 3. The minimum Gasteiger partial charge on any atom is -0.452 e. The second kappa shape index (κ2) is 8.30. The summed E-state index contributed by atoms with van der Waals surface area (Å²) in [7, 11) is 0. The van der Waals surface area contributed by atoms with Gasteiger partial charge in [-0.25, -0.2) is 9.78 Å². The predicted molar refractivity (Wildman–Crippen MR) is 131 cm³/mol. The Morgan fingerprint density at radius 2 is 1.74 bits per heavy atom. The van der Waals surface area contributed by atoms with Crippen LogP contribution in [0.4, 0.5) is 0 Å². The van der Waals surface area contributed by atoms with Gasteiger partial charge in [-0.2, -0.15) is 0 Å². The van der Waals surface area contributed by atoms with Crippen molar-refractivity contribution in [1.82, 2.24) is 14.5 Å². The number of aryl methyl sites for hydroxylation is 1. The molecule has 0 aliphatic heterocycles. The molecule has 6 heteroatoms. The van der Waals surface area contributed by atoms with Crippen LogP contribution in [0.3, 0.4) is 0 Å². The monoisotopic (exact) mass is 449 g/mol. The van der Waals surface area contributed by atoms with Gasteiger partial charge in [0.05, 0.1) is 22.1 Å². The van der Waals surface area contributed by atoms with Gasteiger partial charge in [-0.3, -0.25) is 9.36 Å². The minimum atomic E-state index is -0.531. The molecule has 0 atom stereocenters. The molecule has 34 heavy (non-hydrogen) atoms. The first-order chi connectivity index (χ1) is 16.7. The van der Waals surface area contributed by atoms with E-state index in [1.807, 2.05) is 48.5 Å². The number of hydrogen-bond acceptors (Lipinski definition) is 4. The van der Waals surface area contributed by atoms with Gasteiger partial charge in [0.2, 0.25) is 0 Å².